The molecule has 0 aromatic carbocycles. The number of nitrogens with two attached hydrogens (primary N) is 1. The normalized spacial score (nSPS) is 10.6. The summed E-state index contributed by atoms with van der Waals surface area (Å²) in [5, 5.41) is 4.14. The van der Waals surface area contributed by atoms with Gasteiger partial charge in [0.15, 0.2) is 5.76 Å². The summed E-state index contributed by atoms with van der Waals surface area (Å²) in [6.07, 6.45) is 1.72. The van der Waals surface area contributed by atoms with E-state index in [9.17, 15) is 0 Å². The van der Waals surface area contributed by atoms with E-state index in [0.29, 0.717) is 12.4 Å². The standard InChI is InChI=1S/C9H10N2OS/c1-6-4-13-5-7(6)8-3-11-9(2-10)12-8/h3-5H,2,10H2,1H3. The zero-order valence-electron chi connectivity index (χ0n) is 7.28. The molecule has 0 atom stereocenters. The molecule has 0 radical (unpaired) electrons. The predicted octanol–water partition coefficient (Wildman–Crippen LogP) is 2.17. The average Bonchev–Trinajstić information content (AvgIpc) is 2.71. The Bertz CT molecular complexity index is 405. The molecule has 0 saturated heterocycles. The number of rotatable bonds is 2. The Hall–Kier alpha value is -1.13. The largest absolute Gasteiger partial charge is 0.439 e. The highest BCUT2D eigenvalue weighted by Gasteiger charge is 2.07. The van der Waals surface area contributed by atoms with Crippen LogP contribution in [0, 0.1) is 6.92 Å². The third-order valence-corrected chi connectivity index (χ3v) is 2.71. The van der Waals surface area contributed by atoms with Crippen LogP contribution in [0.3, 0.4) is 0 Å². The Morgan fingerprint density at radius 1 is 1.54 bits per heavy atom. The van der Waals surface area contributed by atoms with Crippen LogP contribution in [0.5, 0.6) is 0 Å². The van der Waals surface area contributed by atoms with Crippen molar-refractivity contribution in [3.8, 4) is 11.3 Å². The van der Waals surface area contributed by atoms with Crippen molar-refractivity contribution in [1.29, 1.82) is 0 Å². The molecule has 0 fully saturated rings. The fraction of sp³-hybridized carbons (Fsp3) is 0.222. The number of thiophene rings is 1. The zero-order chi connectivity index (χ0) is 9.26. The van der Waals surface area contributed by atoms with Crippen molar-refractivity contribution in [1.82, 2.24) is 4.98 Å². The second kappa shape index (κ2) is 3.32. The van der Waals surface area contributed by atoms with E-state index in [1.54, 1.807) is 17.5 Å². The van der Waals surface area contributed by atoms with Gasteiger partial charge < -0.3 is 10.2 Å². The monoisotopic (exact) mass is 194 g/mol. The maximum absolute atomic E-state index is 5.43. The van der Waals surface area contributed by atoms with Crippen molar-refractivity contribution < 1.29 is 4.42 Å². The fourth-order valence-corrected chi connectivity index (χ4v) is 1.98. The van der Waals surface area contributed by atoms with E-state index in [2.05, 4.69) is 22.7 Å². The van der Waals surface area contributed by atoms with Gasteiger partial charge in [-0.05, 0) is 17.9 Å². The summed E-state index contributed by atoms with van der Waals surface area (Å²) >= 11 is 1.66. The van der Waals surface area contributed by atoms with Gasteiger partial charge in [-0.2, -0.15) is 11.3 Å². The third-order valence-electron chi connectivity index (χ3n) is 1.85. The SMILES string of the molecule is Cc1cscc1-c1cnc(CN)o1. The lowest BCUT2D eigenvalue weighted by Crippen LogP contribution is -1.94. The van der Waals surface area contributed by atoms with Gasteiger partial charge in [-0.25, -0.2) is 4.98 Å². The Morgan fingerprint density at radius 3 is 2.92 bits per heavy atom. The lowest BCUT2D eigenvalue weighted by molar-refractivity contribution is 0.509. The highest BCUT2D eigenvalue weighted by molar-refractivity contribution is 7.08. The minimum atomic E-state index is 0.350. The van der Waals surface area contributed by atoms with Gasteiger partial charge in [-0.3, -0.25) is 0 Å². The first-order valence-electron chi connectivity index (χ1n) is 3.99. The van der Waals surface area contributed by atoms with Gasteiger partial charge in [-0.1, -0.05) is 0 Å². The van der Waals surface area contributed by atoms with Crippen LogP contribution in [0.25, 0.3) is 11.3 Å². The van der Waals surface area contributed by atoms with Crippen LogP contribution < -0.4 is 5.73 Å². The summed E-state index contributed by atoms with van der Waals surface area (Å²) in [7, 11) is 0. The maximum atomic E-state index is 5.43. The van der Waals surface area contributed by atoms with Crippen molar-refractivity contribution in [2.45, 2.75) is 13.5 Å². The first-order valence-corrected chi connectivity index (χ1v) is 4.93. The van der Waals surface area contributed by atoms with E-state index in [4.69, 9.17) is 10.2 Å². The minimum Gasteiger partial charge on any atom is -0.439 e. The third kappa shape index (κ3) is 1.50. The molecule has 2 heterocycles. The summed E-state index contributed by atoms with van der Waals surface area (Å²) in [5.74, 6) is 1.39. The molecule has 0 amide bonds. The number of hydrogen-bond acceptors (Lipinski definition) is 4. The molecule has 2 N–H and O–H groups in total. The average molecular weight is 194 g/mol. The Kier molecular flexibility index (Phi) is 2.16. The smallest absolute Gasteiger partial charge is 0.208 e. The topological polar surface area (TPSA) is 52.0 Å². The van der Waals surface area contributed by atoms with Crippen LogP contribution >= 0.6 is 11.3 Å². The first-order chi connectivity index (χ1) is 6.31. The number of oxazole rings is 1. The quantitative estimate of drug-likeness (QED) is 0.797. The van der Waals surface area contributed by atoms with E-state index >= 15 is 0 Å². The Morgan fingerprint density at radius 2 is 2.38 bits per heavy atom. The molecule has 0 unspecified atom stereocenters. The molecule has 2 aromatic rings. The molecule has 0 saturated carbocycles. The maximum Gasteiger partial charge on any atom is 0.208 e. The predicted molar refractivity (Wildman–Crippen MR) is 52.4 cm³/mol. The summed E-state index contributed by atoms with van der Waals surface area (Å²) in [6.45, 7) is 2.40. The van der Waals surface area contributed by atoms with E-state index in [0.717, 1.165) is 11.3 Å². The fourth-order valence-electron chi connectivity index (χ4n) is 1.14. The highest BCUT2D eigenvalue weighted by atomic mass is 32.1. The van der Waals surface area contributed by atoms with Gasteiger partial charge in [0.05, 0.1) is 12.7 Å². The molecule has 0 bridgehead atoms. The van der Waals surface area contributed by atoms with Crippen molar-refractivity contribution >= 4 is 11.3 Å². The van der Waals surface area contributed by atoms with Crippen molar-refractivity contribution in [2.24, 2.45) is 5.73 Å². The molecule has 68 valence electrons. The molecule has 3 nitrogen and oxygen atoms in total. The second-order valence-electron chi connectivity index (χ2n) is 2.79. The van der Waals surface area contributed by atoms with Gasteiger partial charge in [0.1, 0.15) is 0 Å². The molecule has 0 aliphatic rings. The number of nitrogens with zero attached hydrogens (tertiary/aromatic N) is 1. The molecular weight excluding hydrogens is 184 g/mol. The lowest BCUT2D eigenvalue weighted by atomic mass is 10.2. The molecule has 2 rings (SSSR count). The van der Waals surface area contributed by atoms with Gasteiger partial charge in [0.2, 0.25) is 5.89 Å². The number of aryl methyl sites for hydroxylation is 1. The van der Waals surface area contributed by atoms with E-state index < -0.39 is 0 Å². The van der Waals surface area contributed by atoms with E-state index in [-0.39, 0.29) is 0 Å². The molecule has 4 heteroatoms. The molecule has 0 aliphatic heterocycles. The van der Waals surface area contributed by atoms with Crippen LogP contribution in [0.1, 0.15) is 11.5 Å². The molecule has 0 spiro atoms. The van der Waals surface area contributed by atoms with E-state index in [1.807, 2.05) is 0 Å². The molecule has 0 aliphatic carbocycles. The summed E-state index contributed by atoms with van der Waals surface area (Å²) in [5.41, 5.74) is 7.72. The van der Waals surface area contributed by atoms with Crippen molar-refractivity contribution in [2.75, 3.05) is 0 Å². The van der Waals surface area contributed by atoms with Crippen LogP contribution in [-0.4, -0.2) is 4.98 Å². The van der Waals surface area contributed by atoms with Gasteiger partial charge in [0.25, 0.3) is 0 Å². The highest BCUT2D eigenvalue weighted by Crippen LogP contribution is 2.26. The van der Waals surface area contributed by atoms with Crippen LogP contribution in [0.15, 0.2) is 21.4 Å². The van der Waals surface area contributed by atoms with Gasteiger partial charge >= 0.3 is 0 Å². The van der Waals surface area contributed by atoms with Crippen LogP contribution in [0.4, 0.5) is 0 Å². The summed E-state index contributed by atoms with van der Waals surface area (Å²) in [4.78, 5) is 4.04. The zero-order valence-corrected chi connectivity index (χ0v) is 8.10. The Balaban J connectivity index is 2.41. The van der Waals surface area contributed by atoms with Gasteiger partial charge in [-0.15, -0.1) is 0 Å². The van der Waals surface area contributed by atoms with E-state index in [1.165, 1.54) is 5.56 Å². The number of aromatic nitrogens is 1. The van der Waals surface area contributed by atoms with Crippen LogP contribution in [0.2, 0.25) is 0 Å². The molecular formula is C9H10N2OS. The second-order valence-corrected chi connectivity index (χ2v) is 3.53. The first kappa shape index (κ1) is 8.47. The minimum absolute atomic E-state index is 0.350. The van der Waals surface area contributed by atoms with Gasteiger partial charge in [0, 0.05) is 10.9 Å². The summed E-state index contributed by atoms with van der Waals surface area (Å²) < 4.78 is 5.43. The van der Waals surface area contributed by atoms with Crippen molar-refractivity contribution in [3.05, 3.63) is 28.4 Å². The van der Waals surface area contributed by atoms with Crippen molar-refractivity contribution in [3.63, 3.8) is 0 Å². The lowest BCUT2D eigenvalue weighted by Gasteiger charge is -1.92. The Labute approximate surface area is 80.2 Å². The van der Waals surface area contributed by atoms with Crippen LogP contribution in [-0.2, 0) is 6.54 Å². The number of hydrogen-bond donors (Lipinski definition) is 1. The molecule has 2 aromatic heterocycles. The summed E-state index contributed by atoms with van der Waals surface area (Å²) in [6, 6.07) is 0. The molecule has 13 heavy (non-hydrogen) atoms.